The van der Waals surface area contributed by atoms with Gasteiger partial charge in [0, 0.05) is 6.20 Å². The Morgan fingerprint density at radius 2 is 1.47 bits per heavy atom. The van der Waals surface area contributed by atoms with Crippen molar-refractivity contribution in [2.24, 2.45) is 0 Å². The average Bonchev–Trinajstić information content (AvgIpc) is 2.87. The number of hydrogen-bond acceptors (Lipinski definition) is 8. The van der Waals surface area contributed by atoms with E-state index in [1.165, 1.54) is 10.6 Å². The average molecular weight is 466 g/mol. The van der Waals surface area contributed by atoms with Gasteiger partial charge in [-0.15, -0.1) is 0 Å². The third kappa shape index (κ3) is 5.82. The van der Waals surface area contributed by atoms with E-state index in [2.05, 4.69) is 4.98 Å². The number of rotatable bonds is 9. The van der Waals surface area contributed by atoms with Crippen LogP contribution in [0.3, 0.4) is 0 Å². The molecule has 4 rings (SSSR count). The predicted octanol–water partition coefficient (Wildman–Crippen LogP) is 3.06. The van der Waals surface area contributed by atoms with Gasteiger partial charge in [-0.25, -0.2) is 4.79 Å². The number of nitrogens with two attached hydrogens (primary N) is 1. The Morgan fingerprint density at radius 1 is 0.882 bits per heavy atom. The summed E-state index contributed by atoms with van der Waals surface area (Å²) < 4.78 is 30.0. The van der Waals surface area contributed by atoms with Gasteiger partial charge in [0.25, 0.3) is 0 Å². The van der Waals surface area contributed by atoms with Crippen LogP contribution < -0.4 is 20.9 Å². The fourth-order valence-electron chi connectivity index (χ4n) is 3.42. The van der Waals surface area contributed by atoms with Crippen LogP contribution in [0.4, 0.5) is 5.82 Å². The van der Waals surface area contributed by atoms with Crippen LogP contribution in [0.2, 0.25) is 0 Å². The normalized spacial score (nSPS) is 19.6. The maximum absolute atomic E-state index is 12.3. The van der Waals surface area contributed by atoms with Gasteiger partial charge in [-0.05, 0) is 47.5 Å². The molecule has 2 heterocycles. The van der Waals surface area contributed by atoms with Crippen LogP contribution in [-0.4, -0.2) is 36.2 Å². The number of methoxy groups -OCH3 is 2. The van der Waals surface area contributed by atoms with Crippen molar-refractivity contribution in [2.75, 3.05) is 20.0 Å². The smallest absolute Gasteiger partial charge is 0.351 e. The van der Waals surface area contributed by atoms with Gasteiger partial charge in [0.05, 0.1) is 27.4 Å². The van der Waals surface area contributed by atoms with E-state index in [0.29, 0.717) is 6.61 Å². The Hall–Kier alpha value is -3.66. The first kappa shape index (κ1) is 23.5. The number of anilines is 1. The molecule has 0 unspecified atom stereocenters. The van der Waals surface area contributed by atoms with Gasteiger partial charge in [-0.2, -0.15) is 4.98 Å². The first-order valence-electron chi connectivity index (χ1n) is 10.7. The third-order valence-electron chi connectivity index (χ3n) is 5.31. The van der Waals surface area contributed by atoms with Gasteiger partial charge in [0.15, 0.2) is 12.5 Å². The molecule has 0 amide bonds. The van der Waals surface area contributed by atoms with Crippen LogP contribution in [0, 0.1) is 0 Å². The lowest BCUT2D eigenvalue weighted by Gasteiger charge is -2.32. The summed E-state index contributed by atoms with van der Waals surface area (Å²) in [6.45, 7) is 0.630. The Balaban J connectivity index is 1.49. The minimum absolute atomic E-state index is 0.147. The van der Waals surface area contributed by atoms with Crippen LogP contribution in [0.15, 0.2) is 77.7 Å². The second kappa shape index (κ2) is 11.0. The molecular formula is C25H27N3O6. The Labute approximate surface area is 197 Å². The van der Waals surface area contributed by atoms with Crippen molar-refractivity contribution in [1.82, 2.24) is 9.55 Å². The highest BCUT2D eigenvalue weighted by molar-refractivity contribution is 5.28. The molecule has 0 fully saturated rings. The van der Waals surface area contributed by atoms with Crippen molar-refractivity contribution in [3.8, 4) is 11.5 Å². The summed E-state index contributed by atoms with van der Waals surface area (Å²) in [6, 6.07) is 16.7. The molecule has 3 aromatic rings. The molecule has 1 aliphatic heterocycles. The van der Waals surface area contributed by atoms with Crippen LogP contribution >= 0.6 is 0 Å². The highest BCUT2D eigenvalue weighted by atomic mass is 16.7. The number of hydrogen-bond donors (Lipinski definition) is 1. The third-order valence-corrected chi connectivity index (χ3v) is 5.31. The van der Waals surface area contributed by atoms with Gasteiger partial charge < -0.3 is 29.4 Å². The molecule has 1 aliphatic rings. The standard InChI is InChI=1S/C25H27N3O6/c1-30-19-7-3-17(4-8-19)15-32-21-11-12-23(28-14-13-22(26)27-25(28)29)34-24(21)33-16-18-5-9-20(31-2)10-6-18/h3-14,21,23-24H,15-16H2,1-2H3,(H2,26,27,29)/t21-,23+,24-/m0/s1. The summed E-state index contributed by atoms with van der Waals surface area (Å²) >= 11 is 0. The molecular weight excluding hydrogens is 438 g/mol. The van der Waals surface area contributed by atoms with Gasteiger partial charge in [-0.3, -0.25) is 4.57 Å². The van der Waals surface area contributed by atoms with Crippen LogP contribution in [0.1, 0.15) is 17.4 Å². The summed E-state index contributed by atoms with van der Waals surface area (Å²) in [5.41, 5.74) is 7.01. The number of nitrogen functional groups attached to an aromatic ring is 1. The van der Waals surface area contributed by atoms with E-state index in [4.69, 9.17) is 29.4 Å². The molecule has 34 heavy (non-hydrogen) atoms. The molecule has 2 aromatic carbocycles. The van der Waals surface area contributed by atoms with Gasteiger partial charge >= 0.3 is 5.69 Å². The summed E-state index contributed by atoms with van der Waals surface area (Å²) in [7, 11) is 3.24. The molecule has 0 saturated heterocycles. The Kier molecular flexibility index (Phi) is 7.58. The molecule has 2 N–H and O–H groups in total. The van der Waals surface area contributed by atoms with E-state index in [-0.39, 0.29) is 12.4 Å². The predicted molar refractivity (Wildman–Crippen MR) is 125 cm³/mol. The van der Waals surface area contributed by atoms with E-state index < -0.39 is 24.3 Å². The largest absolute Gasteiger partial charge is 0.497 e. The lowest BCUT2D eigenvalue weighted by Crippen LogP contribution is -2.40. The van der Waals surface area contributed by atoms with E-state index in [1.54, 1.807) is 26.5 Å². The van der Waals surface area contributed by atoms with Crippen molar-refractivity contribution >= 4 is 5.82 Å². The van der Waals surface area contributed by atoms with Crippen LogP contribution in [0.5, 0.6) is 11.5 Å². The van der Waals surface area contributed by atoms with Crippen molar-refractivity contribution < 1.29 is 23.7 Å². The second-order valence-electron chi connectivity index (χ2n) is 7.60. The van der Waals surface area contributed by atoms with Crippen LogP contribution in [-0.2, 0) is 27.4 Å². The van der Waals surface area contributed by atoms with Crippen molar-refractivity contribution in [2.45, 2.75) is 31.8 Å². The molecule has 9 nitrogen and oxygen atoms in total. The van der Waals surface area contributed by atoms with Gasteiger partial charge in [-0.1, -0.05) is 30.3 Å². The number of nitrogens with zero attached hydrogens (tertiary/aromatic N) is 2. The zero-order valence-corrected chi connectivity index (χ0v) is 19.0. The first-order chi connectivity index (χ1) is 16.6. The Morgan fingerprint density at radius 3 is 2.03 bits per heavy atom. The highest BCUT2D eigenvalue weighted by Gasteiger charge is 2.30. The zero-order chi connectivity index (χ0) is 23.9. The maximum atomic E-state index is 12.3. The first-order valence-corrected chi connectivity index (χ1v) is 10.7. The quantitative estimate of drug-likeness (QED) is 0.481. The monoisotopic (exact) mass is 465 g/mol. The maximum Gasteiger partial charge on any atom is 0.351 e. The summed E-state index contributed by atoms with van der Waals surface area (Å²) in [6.07, 6.45) is 3.15. The van der Waals surface area contributed by atoms with E-state index >= 15 is 0 Å². The molecule has 0 spiro atoms. The number of aromatic nitrogens is 2. The lowest BCUT2D eigenvalue weighted by molar-refractivity contribution is -0.236. The highest BCUT2D eigenvalue weighted by Crippen LogP contribution is 2.25. The minimum Gasteiger partial charge on any atom is -0.497 e. The number of benzene rings is 2. The van der Waals surface area contributed by atoms with Crippen LogP contribution in [0.25, 0.3) is 0 Å². The molecule has 3 atom stereocenters. The fraction of sp³-hybridized carbons (Fsp3) is 0.280. The molecule has 178 valence electrons. The van der Waals surface area contributed by atoms with Crippen molar-refractivity contribution in [3.05, 3.63) is 94.6 Å². The van der Waals surface area contributed by atoms with Gasteiger partial charge in [0.1, 0.15) is 23.4 Å². The molecule has 0 bridgehead atoms. The van der Waals surface area contributed by atoms with E-state index in [0.717, 1.165) is 22.6 Å². The molecule has 0 saturated carbocycles. The zero-order valence-electron chi connectivity index (χ0n) is 19.0. The summed E-state index contributed by atoms with van der Waals surface area (Å²) in [4.78, 5) is 16.1. The molecule has 0 radical (unpaired) electrons. The van der Waals surface area contributed by atoms with Crippen molar-refractivity contribution in [3.63, 3.8) is 0 Å². The van der Waals surface area contributed by atoms with Crippen molar-refractivity contribution in [1.29, 1.82) is 0 Å². The number of ether oxygens (including phenoxy) is 5. The summed E-state index contributed by atoms with van der Waals surface area (Å²) in [5, 5.41) is 0. The fourth-order valence-corrected chi connectivity index (χ4v) is 3.42. The second-order valence-corrected chi connectivity index (χ2v) is 7.60. The summed E-state index contributed by atoms with van der Waals surface area (Å²) in [5.74, 6) is 1.68. The topological polar surface area (TPSA) is 107 Å². The van der Waals surface area contributed by atoms with E-state index in [1.807, 2.05) is 54.6 Å². The lowest BCUT2D eigenvalue weighted by atomic mass is 10.2. The molecule has 1 aromatic heterocycles. The Bertz CT molecular complexity index is 1160. The molecule has 0 aliphatic carbocycles. The SMILES string of the molecule is COc1ccc(CO[C@H]2O[C@@H](n3ccc(N)nc3=O)C=C[C@@H]2OCc2ccc(OC)cc2)cc1. The van der Waals surface area contributed by atoms with E-state index in [9.17, 15) is 4.79 Å². The van der Waals surface area contributed by atoms with Gasteiger partial charge in [0.2, 0.25) is 0 Å². The minimum atomic E-state index is -0.764. The molecule has 9 heteroatoms.